The molecule has 5 rings (SSSR count). The van der Waals surface area contributed by atoms with Crippen molar-refractivity contribution in [1.29, 1.82) is 0 Å². The number of carbonyl (C=O) groups is 1. The first-order valence-corrected chi connectivity index (χ1v) is 7.11. The Morgan fingerprint density at radius 3 is 2.19 bits per heavy atom. The van der Waals surface area contributed by atoms with Crippen LogP contribution < -0.4 is 0 Å². The summed E-state index contributed by atoms with van der Waals surface area (Å²) in [5, 5.41) is 19.4. The molecular formula is C14H19N4O3+. The molecule has 0 aromatic heterocycles. The molecule has 0 aliphatic carbocycles. The molecule has 7 heteroatoms. The molecule has 0 amide bonds. The quantitative estimate of drug-likeness (QED) is 0.456. The largest absolute Gasteiger partial charge is 0.504 e. The highest BCUT2D eigenvalue weighted by Gasteiger charge is 2.49. The lowest BCUT2D eigenvalue weighted by atomic mass is 10.1. The number of para-hydroxylation sites is 1. The van der Waals surface area contributed by atoms with Gasteiger partial charge in [-0.3, -0.25) is 9.28 Å². The molecule has 0 radical (unpaired) electrons. The number of hydrogen-bond donors (Lipinski definition) is 2. The number of phenols is 2. The molecule has 1 aromatic rings. The molecule has 1 aromatic carbocycles. The number of benzene rings is 1. The van der Waals surface area contributed by atoms with E-state index in [1.165, 1.54) is 6.07 Å². The van der Waals surface area contributed by atoms with Crippen molar-refractivity contribution >= 4 is 5.78 Å². The van der Waals surface area contributed by atoms with Gasteiger partial charge in [0.2, 0.25) is 5.78 Å². The minimum absolute atomic E-state index is 0.117. The second kappa shape index (κ2) is 4.41. The molecule has 112 valence electrons. The van der Waals surface area contributed by atoms with Crippen molar-refractivity contribution in [3.63, 3.8) is 0 Å². The zero-order chi connectivity index (χ0) is 14.6. The van der Waals surface area contributed by atoms with Gasteiger partial charge in [0.15, 0.2) is 11.5 Å². The zero-order valence-electron chi connectivity index (χ0n) is 11.8. The Balaban J connectivity index is 1.58. The Morgan fingerprint density at radius 2 is 1.62 bits per heavy atom. The fourth-order valence-electron chi connectivity index (χ4n) is 3.95. The number of hydrogen-bond acceptors (Lipinski definition) is 6. The molecule has 4 aliphatic heterocycles. The molecule has 4 saturated heterocycles. The van der Waals surface area contributed by atoms with E-state index in [1.807, 2.05) is 0 Å². The Kier molecular flexibility index (Phi) is 2.74. The molecule has 4 heterocycles. The predicted molar refractivity (Wildman–Crippen MR) is 73.9 cm³/mol. The van der Waals surface area contributed by atoms with Crippen molar-refractivity contribution in [2.75, 3.05) is 46.6 Å². The van der Waals surface area contributed by atoms with E-state index in [1.54, 1.807) is 12.1 Å². The van der Waals surface area contributed by atoms with Gasteiger partial charge in [-0.05, 0) is 12.1 Å². The summed E-state index contributed by atoms with van der Waals surface area (Å²) in [6.07, 6.45) is 0. The van der Waals surface area contributed by atoms with Crippen molar-refractivity contribution in [1.82, 2.24) is 14.7 Å². The summed E-state index contributed by atoms with van der Waals surface area (Å²) in [5.41, 5.74) is 0.212. The number of carbonyl (C=O) groups excluding carboxylic acids is 1. The Morgan fingerprint density at radius 1 is 1.05 bits per heavy atom. The standard InChI is InChI=1S/C14H18N4O3/c19-12-3-1-2-11(14(12)21)13(20)4-18-8-15-5-16(9-18)7-17(6-15)10-18/h1-3H,4-10H2,(H-,19,20,21)/p+1. The molecule has 2 N–H and O–H groups in total. The summed E-state index contributed by atoms with van der Waals surface area (Å²) in [5.74, 6) is -0.665. The number of nitrogens with zero attached hydrogens (tertiary/aromatic N) is 4. The van der Waals surface area contributed by atoms with Crippen molar-refractivity contribution in [3.8, 4) is 11.5 Å². The van der Waals surface area contributed by atoms with Crippen LogP contribution in [0.4, 0.5) is 0 Å². The molecule has 0 unspecified atom stereocenters. The molecule has 7 nitrogen and oxygen atoms in total. The van der Waals surface area contributed by atoms with E-state index in [2.05, 4.69) is 14.7 Å². The predicted octanol–water partition coefficient (Wildman–Crippen LogP) is -0.211. The van der Waals surface area contributed by atoms with Crippen LogP contribution in [-0.4, -0.2) is 81.7 Å². The summed E-state index contributed by atoms with van der Waals surface area (Å²) in [6, 6.07) is 4.54. The highest BCUT2D eigenvalue weighted by molar-refractivity contribution is 6.00. The van der Waals surface area contributed by atoms with Gasteiger partial charge in [-0.25, -0.2) is 14.7 Å². The lowest BCUT2D eigenvalue weighted by molar-refractivity contribution is -0.973. The summed E-state index contributed by atoms with van der Waals surface area (Å²) in [6.45, 7) is 5.89. The van der Waals surface area contributed by atoms with Crippen molar-refractivity contribution in [2.24, 2.45) is 0 Å². The zero-order valence-corrected chi connectivity index (χ0v) is 11.8. The minimum atomic E-state index is -0.308. The topological polar surface area (TPSA) is 67.3 Å². The van der Waals surface area contributed by atoms with Crippen molar-refractivity contribution in [3.05, 3.63) is 23.8 Å². The first-order chi connectivity index (χ1) is 10.0. The van der Waals surface area contributed by atoms with Crippen LogP contribution in [0.3, 0.4) is 0 Å². The van der Waals surface area contributed by atoms with E-state index in [-0.39, 0.29) is 22.8 Å². The van der Waals surface area contributed by atoms with E-state index in [0.29, 0.717) is 11.0 Å². The molecule has 4 fully saturated rings. The highest BCUT2D eigenvalue weighted by atomic mass is 16.3. The van der Waals surface area contributed by atoms with E-state index in [0.717, 1.165) is 40.0 Å². The average Bonchev–Trinajstić information content (AvgIpc) is 2.39. The maximum Gasteiger partial charge on any atom is 0.220 e. The Hall–Kier alpha value is -1.67. The Labute approximate surface area is 122 Å². The van der Waals surface area contributed by atoms with Crippen LogP contribution in [0.2, 0.25) is 0 Å². The molecule has 4 bridgehead atoms. The van der Waals surface area contributed by atoms with Gasteiger partial charge in [0.1, 0.15) is 26.6 Å². The SMILES string of the molecule is O=C(C[N+]12CN3CN(CN(C3)C1)C2)c1cccc(O)c1O. The van der Waals surface area contributed by atoms with Gasteiger partial charge in [0, 0.05) is 0 Å². The van der Waals surface area contributed by atoms with Crippen LogP contribution in [0.15, 0.2) is 18.2 Å². The highest BCUT2D eigenvalue weighted by Crippen LogP contribution is 2.32. The number of rotatable bonds is 3. The first kappa shape index (κ1) is 13.0. The lowest BCUT2D eigenvalue weighted by Crippen LogP contribution is -2.79. The van der Waals surface area contributed by atoms with Gasteiger partial charge in [-0.15, -0.1) is 0 Å². The fourth-order valence-corrected chi connectivity index (χ4v) is 3.95. The second-order valence-corrected chi connectivity index (χ2v) is 6.46. The first-order valence-electron chi connectivity index (χ1n) is 7.11. The number of aromatic hydroxyl groups is 2. The van der Waals surface area contributed by atoms with E-state index in [9.17, 15) is 15.0 Å². The monoisotopic (exact) mass is 291 g/mol. The van der Waals surface area contributed by atoms with Crippen LogP contribution in [0.25, 0.3) is 0 Å². The van der Waals surface area contributed by atoms with Crippen LogP contribution in [-0.2, 0) is 0 Å². The van der Waals surface area contributed by atoms with E-state index in [4.69, 9.17) is 0 Å². The van der Waals surface area contributed by atoms with Gasteiger partial charge in [0.05, 0.1) is 25.6 Å². The normalized spacial score (nSPS) is 36.9. The minimum Gasteiger partial charge on any atom is -0.504 e. The average molecular weight is 291 g/mol. The van der Waals surface area contributed by atoms with E-state index < -0.39 is 0 Å². The maximum atomic E-state index is 12.6. The maximum absolute atomic E-state index is 12.6. The smallest absolute Gasteiger partial charge is 0.220 e. The van der Waals surface area contributed by atoms with Crippen molar-refractivity contribution in [2.45, 2.75) is 0 Å². The molecule has 0 spiro atoms. The van der Waals surface area contributed by atoms with Gasteiger partial charge in [-0.1, -0.05) is 6.07 Å². The number of quaternary nitrogens is 1. The van der Waals surface area contributed by atoms with Crippen molar-refractivity contribution < 1.29 is 19.5 Å². The molecule has 0 atom stereocenters. The number of Topliss-reactive ketones (excluding diaryl/α,β-unsaturated/α-hetero) is 1. The Bertz CT molecular complexity index is 569. The van der Waals surface area contributed by atoms with E-state index >= 15 is 0 Å². The van der Waals surface area contributed by atoms with Crippen LogP contribution >= 0.6 is 0 Å². The van der Waals surface area contributed by atoms with Gasteiger partial charge in [-0.2, -0.15) is 0 Å². The number of phenolic OH excluding ortho intramolecular Hbond substituents is 2. The van der Waals surface area contributed by atoms with Crippen LogP contribution in [0, 0.1) is 0 Å². The molecule has 21 heavy (non-hydrogen) atoms. The van der Waals surface area contributed by atoms with Gasteiger partial charge in [0.25, 0.3) is 0 Å². The number of ketones is 1. The van der Waals surface area contributed by atoms with Crippen LogP contribution in [0.5, 0.6) is 11.5 Å². The summed E-state index contributed by atoms with van der Waals surface area (Å²) < 4.78 is 0.688. The third-order valence-corrected chi connectivity index (χ3v) is 4.49. The third-order valence-electron chi connectivity index (χ3n) is 4.49. The lowest BCUT2D eigenvalue weighted by Gasteiger charge is -2.60. The van der Waals surface area contributed by atoms with Gasteiger partial charge >= 0.3 is 0 Å². The molecule has 0 saturated carbocycles. The molecule has 4 aliphatic rings. The second-order valence-electron chi connectivity index (χ2n) is 6.46. The summed E-state index contributed by atoms with van der Waals surface area (Å²) in [7, 11) is 0. The summed E-state index contributed by atoms with van der Waals surface area (Å²) >= 11 is 0. The van der Waals surface area contributed by atoms with Crippen LogP contribution in [0.1, 0.15) is 10.4 Å². The van der Waals surface area contributed by atoms with Gasteiger partial charge < -0.3 is 10.2 Å². The summed E-state index contributed by atoms with van der Waals surface area (Å²) in [4.78, 5) is 19.6. The third kappa shape index (κ3) is 2.09. The fraction of sp³-hybridized carbons (Fsp3) is 0.500. The molecular weight excluding hydrogens is 272 g/mol.